The quantitative estimate of drug-likeness (QED) is 0.911. The summed E-state index contributed by atoms with van der Waals surface area (Å²) in [5.74, 6) is 1.21. The molecule has 1 aliphatic heterocycles. The van der Waals surface area contributed by atoms with E-state index in [2.05, 4.69) is 22.9 Å². The van der Waals surface area contributed by atoms with Crippen molar-refractivity contribution in [2.45, 2.75) is 13.3 Å². The predicted molar refractivity (Wildman–Crippen MR) is 74.2 cm³/mol. The Kier molecular flexibility index (Phi) is 4.22. The minimum atomic E-state index is 0.144. The molecule has 1 aromatic heterocycles. The van der Waals surface area contributed by atoms with E-state index in [1.165, 1.54) is 11.3 Å². The van der Waals surface area contributed by atoms with Gasteiger partial charge in [0.05, 0.1) is 8.66 Å². The molecule has 1 aromatic rings. The number of hydrogen-bond acceptors (Lipinski definition) is 3. The largest absolute Gasteiger partial charge is 0.338 e. The molecule has 2 atom stereocenters. The molecule has 17 heavy (non-hydrogen) atoms. The third-order valence-corrected chi connectivity index (χ3v) is 5.10. The third kappa shape index (κ3) is 2.89. The minimum absolute atomic E-state index is 0.144. The highest BCUT2D eigenvalue weighted by Gasteiger charge is 2.28. The first-order valence-electron chi connectivity index (χ1n) is 5.86. The Balaban J connectivity index is 2.05. The second-order valence-corrected chi connectivity index (χ2v) is 7.08. The highest BCUT2D eigenvalue weighted by molar-refractivity contribution is 9.11. The van der Waals surface area contributed by atoms with E-state index >= 15 is 0 Å². The van der Waals surface area contributed by atoms with Crippen LogP contribution in [0.1, 0.15) is 23.0 Å². The maximum absolute atomic E-state index is 12.3. The maximum atomic E-state index is 12.3. The van der Waals surface area contributed by atoms with E-state index in [9.17, 15) is 4.79 Å². The molecule has 0 saturated carbocycles. The standard InChI is InChI=1S/C12H17BrN2OS/c1-8-4-5-15(7-9(8)6-14)12(16)10-2-3-11(13)17-10/h2-3,8-9H,4-7,14H2,1H3. The molecule has 0 bridgehead atoms. The van der Waals surface area contributed by atoms with Crippen molar-refractivity contribution in [3.05, 3.63) is 20.8 Å². The fourth-order valence-corrected chi connectivity index (χ4v) is 3.58. The zero-order valence-corrected chi connectivity index (χ0v) is 12.3. The highest BCUT2D eigenvalue weighted by atomic mass is 79.9. The van der Waals surface area contributed by atoms with E-state index in [-0.39, 0.29) is 5.91 Å². The first-order chi connectivity index (χ1) is 8.11. The number of nitrogens with zero attached hydrogens (tertiary/aromatic N) is 1. The Morgan fingerprint density at radius 1 is 1.65 bits per heavy atom. The molecule has 1 aliphatic rings. The van der Waals surface area contributed by atoms with Crippen LogP contribution in [0.2, 0.25) is 0 Å². The van der Waals surface area contributed by atoms with Crippen molar-refractivity contribution in [1.82, 2.24) is 4.90 Å². The summed E-state index contributed by atoms with van der Waals surface area (Å²) in [6, 6.07) is 3.80. The van der Waals surface area contributed by atoms with Gasteiger partial charge in [0.25, 0.3) is 5.91 Å². The molecule has 2 rings (SSSR count). The summed E-state index contributed by atoms with van der Waals surface area (Å²) < 4.78 is 1.00. The Bertz CT molecular complexity index is 407. The van der Waals surface area contributed by atoms with Gasteiger partial charge in [-0.25, -0.2) is 0 Å². The van der Waals surface area contributed by atoms with Crippen molar-refractivity contribution in [3.63, 3.8) is 0 Å². The number of nitrogens with two attached hydrogens (primary N) is 1. The molecule has 2 N–H and O–H groups in total. The first kappa shape index (κ1) is 13.1. The van der Waals surface area contributed by atoms with Crippen LogP contribution in [0.25, 0.3) is 0 Å². The third-order valence-electron chi connectivity index (χ3n) is 3.49. The summed E-state index contributed by atoms with van der Waals surface area (Å²) in [4.78, 5) is 15.0. The van der Waals surface area contributed by atoms with Gasteiger partial charge in [0.15, 0.2) is 0 Å². The average molecular weight is 317 g/mol. The molecule has 5 heteroatoms. The van der Waals surface area contributed by atoms with Crippen molar-refractivity contribution in [2.75, 3.05) is 19.6 Å². The molecule has 1 fully saturated rings. The van der Waals surface area contributed by atoms with Crippen LogP contribution in [0.4, 0.5) is 0 Å². The van der Waals surface area contributed by atoms with Crippen LogP contribution in [-0.4, -0.2) is 30.4 Å². The van der Waals surface area contributed by atoms with Gasteiger partial charge in [0, 0.05) is 13.1 Å². The van der Waals surface area contributed by atoms with Crippen LogP contribution in [0, 0.1) is 11.8 Å². The zero-order valence-electron chi connectivity index (χ0n) is 9.86. The second-order valence-electron chi connectivity index (χ2n) is 4.62. The molecule has 3 nitrogen and oxygen atoms in total. The molecule has 0 aliphatic carbocycles. The molecular weight excluding hydrogens is 300 g/mol. The summed E-state index contributed by atoms with van der Waals surface area (Å²) in [6.45, 7) is 4.54. The normalized spacial score (nSPS) is 25.0. The van der Waals surface area contributed by atoms with Gasteiger partial charge in [-0.3, -0.25) is 4.79 Å². The van der Waals surface area contributed by atoms with E-state index < -0.39 is 0 Å². The number of carbonyl (C=O) groups excluding carboxylic acids is 1. The molecular formula is C12H17BrN2OS. The summed E-state index contributed by atoms with van der Waals surface area (Å²) in [7, 11) is 0. The lowest BCUT2D eigenvalue weighted by atomic mass is 9.87. The topological polar surface area (TPSA) is 46.3 Å². The van der Waals surface area contributed by atoms with Gasteiger partial charge < -0.3 is 10.6 Å². The van der Waals surface area contributed by atoms with Gasteiger partial charge in [0.2, 0.25) is 0 Å². The van der Waals surface area contributed by atoms with Crippen molar-refractivity contribution in [1.29, 1.82) is 0 Å². The minimum Gasteiger partial charge on any atom is -0.338 e. The Labute approximate surface area is 114 Å². The number of amides is 1. The van der Waals surface area contributed by atoms with Crippen molar-refractivity contribution in [3.8, 4) is 0 Å². The lowest BCUT2D eigenvalue weighted by Crippen LogP contribution is -2.45. The van der Waals surface area contributed by atoms with Crippen LogP contribution >= 0.6 is 27.3 Å². The summed E-state index contributed by atoms with van der Waals surface area (Å²) in [5, 5.41) is 0. The summed E-state index contributed by atoms with van der Waals surface area (Å²) in [5.41, 5.74) is 5.76. The molecule has 0 spiro atoms. The SMILES string of the molecule is CC1CCN(C(=O)c2ccc(Br)s2)CC1CN. The van der Waals surface area contributed by atoms with Crippen molar-refractivity contribution >= 4 is 33.2 Å². The monoisotopic (exact) mass is 316 g/mol. The van der Waals surface area contributed by atoms with Gasteiger partial charge in [-0.1, -0.05) is 6.92 Å². The summed E-state index contributed by atoms with van der Waals surface area (Å²) in [6.07, 6.45) is 1.06. The van der Waals surface area contributed by atoms with E-state index in [1.54, 1.807) is 0 Å². The number of rotatable bonds is 2. The predicted octanol–water partition coefficient (Wildman–Crippen LogP) is 2.57. The summed E-state index contributed by atoms with van der Waals surface area (Å²) >= 11 is 4.88. The molecule has 0 aromatic carbocycles. The van der Waals surface area contributed by atoms with Crippen LogP contribution in [0.15, 0.2) is 15.9 Å². The Morgan fingerprint density at radius 2 is 2.41 bits per heavy atom. The van der Waals surface area contributed by atoms with Crippen molar-refractivity contribution in [2.24, 2.45) is 17.6 Å². The maximum Gasteiger partial charge on any atom is 0.263 e. The zero-order chi connectivity index (χ0) is 12.4. The lowest BCUT2D eigenvalue weighted by Gasteiger charge is -2.36. The molecule has 0 radical (unpaired) electrons. The highest BCUT2D eigenvalue weighted by Crippen LogP contribution is 2.27. The van der Waals surface area contributed by atoms with E-state index in [0.29, 0.717) is 18.4 Å². The van der Waals surface area contributed by atoms with Crippen LogP contribution in [-0.2, 0) is 0 Å². The van der Waals surface area contributed by atoms with Gasteiger partial charge >= 0.3 is 0 Å². The number of halogens is 1. The Morgan fingerprint density at radius 3 is 3.00 bits per heavy atom. The van der Waals surface area contributed by atoms with Gasteiger partial charge in [-0.05, 0) is 52.9 Å². The van der Waals surface area contributed by atoms with E-state index in [4.69, 9.17) is 5.73 Å². The van der Waals surface area contributed by atoms with Crippen molar-refractivity contribution < 1.29 is 4.79 Å². The molecule has 94 valence electrons. The number of likely N-dealkylation sites (tertiary alicyclic amines) is 1. The first-order valence-corrected chi connectivity index (χ1v) is 7.47. The average Bonchev–Trinajstić information content (AvgIpc) is 2.75. The number of thiophene rings is 1. The van der Waals surface area contributed by atoms with Gasteiger partial charge in [0.1, 0.15) is 0 Å². The number of carbonyl (C=O) groups is 1. The van der Waals surface area contributed by atoms with Crippen LogP contribution < -0.4 is 5.73 Å². The molecule has 2 unspecified atom stereocenters. The molecule has 2 heterocycles. The van der Waals surface area contributed by atoms with Gasteiger partial charge in [-0.15, -0.1) is 11.3 Å². The fourth-order valence-electron chi connectivity index (χ4n) is 2.23. The smallest absolute Gasteiger partial charge is 0.263 e. The lowest BCUT2D eigenvalue weighted by molar-refractivity contribution is 0.0623. The molecule has 1 amide bonds. The van der Waals surface area contributed by atoms with Crippen LogP contribution in [0.5, 0.6) is 0 Å². The number of hydrogen-bond donors (Lipinski definition) is 1. The second kappa shape index (κ2) is 5.50. The fraction of sp³-hybridized carbons (Fsp3) is 0.583. The number of piperidine rings is 1. The Hall–Kier alpha value is -0.390. The van der Waals surface area contributed by atoms with E-state index in [0.717, 1.165) is 28.2 Å². The molecule has 1 saturated heterocycles. The van der Waals surface area contributed by atoms with Crippen LogP contribution in [0.3, 0.4) is 0 Å². The van der Waals surface area contributed by atoms with Gasteiger partial charge in [-0.2, -0.15) is 0 Å². The van der Waals surface area contributed by atoms with E-state index in [1.807, 2.05) is 17.0 Å².